The van der Waals surface area contributed by atoms with Crippen LogP contribution in [0, 0.1) is 11.3 Å². The first kappa shape index (κ1) is 7.89. The molecule has 11 heavy (non-hydrogen) atoms. The fourth-order valence-electron chi connectivity index (χ4n) is 0.697. The van der Waals surface area contributed by atoms with E-state index in [1.807, 2.05) is 6.07 Å². The molecule has 5 heteroatoms. The molecule has 0 unspecified atom stereocenters. The summed E-state index contributed by atoms with van der Waals surface area (Å²) in [5, 5.41) is 21.2. The number of nitriles is 1. The van der Waals surface area contributed by atoms with Crippen LogP contribution in [-0.2, 0) is 6.54 Å². The van der Waals surface area contributed by atoms with E-state index in [1.54, 1.807) is 0 Å². The maximum Gasteiger partial charge on any atom is 0.210 e. The van der Waals surface area contributed by atoms with E-state index in [4.69, 9.17) is 22.0 Å². The molecule has 0 saturated heterocycles. The number of hydrogen-bond donors (Lipinski definition) is 1. The molecular weight excluding hydrogens is 166 g/mol. The van der Waals surface area contributed by atoms with Gasteiger partial charge in [-0.3, -0.25) is 0 Å². The van der Waals surface area contributed by atoms with E-state index in [0.717, 1.165) is 0 Å². The Morgan fingerprint density at radius 3 is 3.00 bits per heavy atom. The molecule has 0 amide bonds. The molecule has 0 spiro atoms. The topological polar surface area (TPSA) is 61.8 Å². The van der Waals surface area contributed by atoms with Crippen molar-refractivity contribution in [2.75, 3.05) is 0 Å². The van der Waals surface area contributed by atoms with Crippen LogP contribution < -0.4 is 0 Å². The van der Waals surface area contributed by atoms with E-state index in [2.05, 4.69) is 5.10 Å². The van der Waals surface area contributed by atoms with E-state index < -0.39 is 0 Å². The number of rotatable bonds is 2. The molecule has 0 aromatic carbocycles. The van der Waals surface area contributed by atoms with Crippen molar-refractivity contribution in [3.63, 3.8) is 0 Å². The maximum absolute atomic E-state index is 9.06. The van der Waals surface area contributed by atoms with Crippen molar-refractivity contribution in [1.29, 1.82) is 5.26 Å². The van der Waals surface area contributed by atoms with Crippen LogP contribution in [0.1, 0.15) is 6.42 Å². The van der Waals surface area contributed by atoms with Gasteiger partial charge in [0.2, 0.25) is 5.88 Å². The van der Waals surface area contributed by atoms with Crippen molar-refractivity contribution in [3.05, 3.63) is 11.2 Å². The highest BCUT2D eigenvalue weighted by Crippen LogP contribution is 2.15. The summed E-state index contributed by atoms with van der Waals surface area (Å²) < 4.78 is 1.28. The Bertz CT molecular complexity index is 289. The number of aryl methyl sites for hydroxylation is 1. The lowest BCUT2D eigenvalue weighted by molar-refractivity contribution is 0.401. The van der Waals surface area contributed by atoms with Crippen LogP contribution in [-0.4, -0.2) is 14.9 Å². The molecule has 0 fully saturated rings. The summed E-state index contributed by atoms with van der Waals surface area (Å²) in [5.41, 5.74) is 0. The van der Waals surface area contributed by atoms with Crippen LogP contribution in [0.5, 0.6) is 5.88 Å². The van der Waals surface area contributed by atoms with Crippen LogP contribution in [0.15, 0.2) is 6.07 Å². The molecule has 1 aromatic heterocycles. The Morgan fingerprint density at radius 1 is 1.82 bits per heavy atom. The Kier molecular flexibility index (Phi) is 2.34. The van der Waals surface area contributed by atoms with Crippen molar-refractivity contribution in [3.8, 4) is 11.9 Å². The summed E-state index contributed by atoms with van der Waals surface area (Å²) in [6.07, 6.45) is 0.311. The largest absolute Gasteiger partial charge is 0.493 e. The minimum atomic E-state index is -0.00903. The number of nitrogens with zero attached hydrogens (tertiary/aromatic N) is 3. The molecule has 0 saturated carbocycles. The van der Waals surface area contributed by atoms with E-state index in [-0.39, 0.29) is 11.0 Å². The van der Waals surface area contributed by atoms with Gasteiger partial charge in [0.05, 0.1) is 19.0 Å². The smallest absolute Gasteiger partial charge is 0.210 e. The molecule has 1 N–H and O–H groups in total. The predicted molar refractivity (Wildman–Crippen MR) is 39.1 cm³/mol. The average Bonchev–Trinajstić information content (AvgIpc) is 2.26. The van der Waals surface area contributed by atoms with Crippen molar-refractivity contribution < 1.29 is 5.11 Å². The van der Waals surface area contributed by atoms with Gasteiger partial charge in [-0.2, -0.15) is 10.4 Å². The van der Waals surface area contributed by atoms with Gasteiger partial charge in [-0.15, -0.1) is 0 Å². The average molecular weight is 172 g/mol. The lowest BCUT2D eigenvalue weighted by atomic mass is 10.5. The normalized spacial score (nSPS) is 9.45. The minimum Gasteiger partial charge on any atom is -0.493 e. The van der Waals surface area contributed by atoms with E-state index in [0.29, 0.717) is 13.0 Å². The van der Waals surface area contributed by atoms with Crippen LogP contribution in [0.25, 0.3) is 0 Å². The molecule has 1 aromatic rings. The Balaban J connectivity index is 2.71. The zero-order valence-corrected chi connectivity index (χ0v) is 6.41. The molecule has 1 heterocycles. The second-order valence-electron chi connectivity index (χ2n) is 1.96. The van der Waals surface area contributed by atoms with Crippen molar-refractivity contribution in [2.24, 2.45) is 0 Å². The molecule has 0 bridgehead atoms. The number of hydrogen-bond acceptors (Lipinski definition) is 3. The highest BCUT2D eigenvalue weighted by molar-refractivity contribution is 6.29. The molecular formula is C6H6ClN3O. The van der Waals surface area contributed by atoms with E-state index >= 15 is 0 Å². The zero-order chi connectivity index (χ0) is 8.27. The van der Waals surface area contributed by atoms with Gasteiger partial charge in [0, 0.05) is 6.07 Å². The molecule has 1 rings (SSSR count). The SMILES string of the molecule is N#CCCn1nc(Cl)cc1O. The highest BCUT2D eigenvalue weighted by Gasteiger charge is 2.02. The second kappa shape index (κ2) is 3.26. The summed E-state index contributed by atoms with van der Waals surface area (Å²) in [6.45, 7) is 0.370. The van der Waals surface area contributed by atoms with Crippen molar-refractivity contribution >= 4 is 11.6 Å². The van der Waals surface area contributed by atoms with Crippen molar-refractivity contribution in [2.45, 2.75) is 13.0 Å². The van der Waals surface area contributed by atoms with Gasteiger partial charge in [0.15, 0.2) is 5.15 Å². The molecule has 0 aliphatic heterocycles. The summed E-state index contributed by atoms with van der Waals surface area (Å²) in [5.74, 6) is -0.00903. The van der Waals surface area contributed by atoms with Gasteiger partial charge >= 0.3 is 0 Å². The van der Waals surface area contributed by atoms with E-state index in [9.17, 15) is 0 Å². The molecule has 0 aliphatic rings. The summed E-state index contributed by atoms with van der Waals surface area (Å²) in [4.78, 5) is 0. The third-order valence-electron chi connectivity index (χ3n) is 1.16. The fourth-order valence-corrected chi connectivity index (χ4v) is 0.886. The molecule has 0 aliphatic carbocycles. The van der Waals surface area contributed by atoms with Gasteiger partial charge in [0.25, 0.3) is 0 Å². The Morgan fingerprint density at radius 2 is 2.55 bits per heavy atom. The maximum atomic E-state index is 9.06. The van der Waals surface area contributed by atoms with Gasteiger partial charge in [0.1, 0.15) is 0 Å². The lowest BCUT2D eigenvalue weighted by Crippen LogP contribution is -1.97. The van der Waals surface area contributed by atoms with Gasteiger partial charge in [-0.05, 0) is 0 Å². The summed E-state index contributed by atoms with van der Waals surface area (Å²) >= 11 is 5.47. The standard InChI is InChI=1S/C6H6ClN3O/c7-5-4-6(11)10(9-5)3-1-2-8/h4,11H,1,3H2. The fraction of sp³-hybridized carbons (Fsp3) is 0.333. The number of aromatic hydroxyl groups is 1. The number of aromatic nitrogens is 2. The molecule has 0 radical (unpaired) electrons. The van der Waals surface area contributed by atoms with E-state index in [1.165, 1.54) is 10.7 Å². The minimum absolute atomic E-state index is 0.00903. The van der Waals surface area contributed by atoms with Gasteiger partial charge < -0.3 is 5.11 Å². The monoisotopic (exact) mass is 171 g/mol. The first-order valence-electron chi connectivity index (χ1n) is 3.03. The highest BCUT2D eigenvalue weighted by atomic mass is 35.5. The van der Waals surface area contributed by atoms with Gasteiger partial charge in [-0.25, -0.2) is 4.68 Å². The molecule has 4 nitrogen and oxygen atoms in total. The predicted octanol–water partition coefficient (Wildman–Crippen LogP) is 1.16. The zero-order valence-electron chi connectivity index (χ0n) is 5.66. The number of halogens is 1. The third-order valence-corrected chi connectivity index (χ3v) is 1.35. The Hall–Kier alpha value is -1.21. The first-order valence-corrected chi connectivity index (χ1v) is 3.41. The third kappa shape index (κ3) is 1.85. The van der Waals surface area contributed by atoms with Crippen molar-refractivity contribution in [1.82, 2.24) is 9.78 Å². The second-order valence-corrected chi connectivity index (χ2v) is 2.34. The molecule has 58 valence electrons. The lowest BCUT2D eigenvalue weighted by Gasteiger charge is -1.96. The molecule has 0 atom stereocenters. The van der Waals surface area contributed by atoms with Gasteiger partial charge in [-0.1, -0.05) is 11.6 Å². The summed E-state index contributed by atoms with van der Waals surface area (Å²) in [7, 11) is 0. The van der Waals surface area contributed by atoms with Crippen LogP contribution >= 0.6 is 11.6 Å². The van der Waals surface area contributed by atoms with Crippen LogP contribution in [0.2, 0.25) is 5.15 Å². The Labute approximate surface area is 68.6 Å². The van der Waals surface area contributed by atoms with Crippen LogP contribution in [0.4, 0.5) is 0 Å². The first-order chi connectivity index (χ1) is 5.24. The quantitative estimate of drug-likeness (QED) is 0.726. The van der Waals surface area contributed by atoms with Crippen LogP contribution in [0.3, 0.4) is 0 Å². The summed E-state index contributed by atoms with van der Waals surface area (Å²) in [6, 6.07) is 3.27.